The quantitative estimate of drug-likeness (QED) is 0.786. The fraction of sp³-hybridized carbons (Fsp3) is 1.00. The second kappa shape index (κ2) is 3.85. The zero-order valence-electron chi connectivity index (χ0n) is 11.0. The van der Waals surface area contributed by atoms with Crippen LogP contribution >= 0.6 is 11.6 Å². The summed E-state index contributed by atoms with van der Waals surface area (Å²) in [6, 6.07) is 0. The van der Waals surface area contributed by atoms with Gasteiger partial charge >= 0.3 is 0 Å². The molecule has 3 heteroatoms. The molecule has 0 spiro atoms. The monoisotopic (exact) mass is 257 g/mol. The molecule has 2 nitrogen and oxygen atoms in total. The lowest BCUT2D eigenvalue weighted by Gasteiger charge is -2.62. The Bertz CT molecular complexity index is 321. The molecular formula is C14H24ClNO. The van der Waals surface area contributed by atoms with Crippen molar-refractivity contribution < 1.29 is 5.11 Å². The smallest absolute Gasteiger partial charge is 0.0670 e. The van der Waals surface area contributed by atoms with Crippen molar-refractivity contribution in [2.75, 3.05) is 20.6 Å². The molecule has 4 fully saturated rings. The van der Waals surface area contributed by atoms with Gasteiger partial charge < -0.3 is 10.0 Å². The van der Waals surface area contributed by atoms with Gasteiger partial charge in [0.15, 0.2) is 0 Å². The van der Waals surface area contributed by atoms with Crippen molar-refractivity contribution in [3.63, 3.8) is 0 Å². The van der Waals surface area contributed by atoms with Crippen LogP contribution in [0.3, 0.4) is 0 Å². The topological polar surface area (TPSA) is 23.5 Å². The van der Waals surface area contributed by atoms with Crippen LogP contribution in [-0.2, 0) is 0 Å². The van der Waals surface area contributed by atoms with Crippen LogP contribution in [-0.4, -0.2) is 41.1 Å². The Morgan fingerprint density at radius 3 is 2.65 bits per heavy atom. The van der Waals surface area contributed by atoms with Gasteiger partial charge in [0, 0.05) is 0 Å². The van der Waals surface area contributed by atoms with Crippen LogP contribution in [0.25, 0.3) is 0 Å². The fourth-order valence-corrected chi connectivity index (χ4v) is 5.76. The number of hydrogen-bond acceptors (Lipinski definition) is 2. The van der Waals surface area contributed by atoms with Gasteiger partial charge in [0.2, 0.25) is 0 Å². The van der Waals surface area contributed by atoms with E-state index in [2.05, 4.69) is 19.0 Å². The molecule has 0 aromatic rings. The maximum Gasteiger partial charge on any atom is 0.0670 e. The number of halogens is 1. The molecule has 17 heavy (non-hydrogen) atoms. The van der Waals surface area contributed by atoms with E-state index in [1.165, 1.54) is 12.8 Å². The van der Waals surface area contributed by atoms with Crippen molar-refractivity contribution in [3.05, 3.63) is 0 Å². The first kappa shape index (κ1) is 12.3. The van der Waals surface area contributed by atoms with E-state index in [9.17, 15) is 5.11 Å². The normalized spacial score (nSPS) is 52.4. The minimum atomic E-state index is -0.414. The fourth-order valence-electron chi connectivity index (χ4n) is 5.01. The second-order valence-electron chi connectivity index (χ2n) is 7.11. The molecule has 4 aliphatic rings. The number of nitrogens with zero attached hydrogens (tertiary/aromatic N) is 1. The van der Waals surface area contributed by atoms with Crippen LogP contribution in [0.15, 0.2) is 0 Å². The van der Waals surface area contributed by atoms with Gasteiger partial charge in [0.25, 0.3) is 0 Å². The highest BCUT2D eigenvalue weighted by molar-refractivity contribution is 6.24. The maximum atomic E-state index is 10.6. The van der Waals surface area contributed by atoms with Gasteiger partial charge in [-0.3, -0.25) is 0 Å². The van der Waals surface area contributed by atoms with E-state index in [0.717, 1.165) is 32.2 Å². The summed E-state index contributed by atoms with van der Waals surface area (Å²) in [5, 5.41) is 10.6. The van der Waals surface area contributed by atoms with E-state index < -0.39 is 5.60 Å². The Balaban J connectivity index is 1.78. The minimum absolute atomic E-state index is 0.0884. The lowest BCUT2D eigenvalue weighted by atomic mass is 9.49. The zero-order chi connectivity index (χ0) is 12.3. The Morgan fingerprint density at radius 1 is 1.29 bits per heavy atom. The molecule has 4 rings (SSSR count). The van der Waals surface area contributed by atoms with Crippen molar-refractivity contribution in [2.24, 2.45) is 17.8 Å². The first-order valence-corrected chi connectivity index (χ1v) is 7.34. The zero-order valence-corrected chi connectivity index (χ0v) is 11.7. The van der Waals surface area contributed by atoms with Crippen LogP contribution in [0.4, 0.5) is 0 Å². The van der Waals surface area contributed by atoms with Gasteiger partial charge in [-0.15, -0.1) is 11.6 Å². The summed E-state index contributed by atoms with van der Waals surface area (Å²) in [7, 11) is 4.26. The summed E-state index contributed by atoms with van der Waals surface area (Å²) in [5.41, 5.74) is -0.414. The number of alkyl halides is 1. The van der Waals surface area contributed by atoms with Crippen LogP contribution in [0.1, 0.15) is 38.5 Å². The molecule has 1 N–H and O–H groups in total. The SMILES string of the molecule is CN(C)CCC1[C@@H]2C[C@H]3C[C@@](O)(C2)C[C@]1(Cl)C3. The highest BCUT2D eigenvalue weighted by atomic mass is 35.5. The number of rotatable bonds is 3. The summed E-state index contributed by atoms with van der Waals surface area (Å²) < 4.78 is 0. The molecule has 0 heterocycles. The van der Waals surface area contributed by atoms with E-state index in [0.29, 0.717) is 17.8 Å². The number of aliphatic hydroxyl groups is 1. The molecule has 0 saturated heterocycles. The van der Waals surface area contributed by atoms with Crippen molar-refractivity contribution in [3.8, 4) is 0 Å². The molecule has 0 radical (unpaired) electrons. The average molecular weight is 258 g/mol. The molecule has 4 bridgehead atoms. The molecule has 5 atom stereocenters. The van der Waals surface area contributed by atoms with Gasteiger partial charge in [-0.05, 0) is 76.9 Å². The molecule has 0 aliphatic heterocycles. The predicted octanol–water partition coefficient (Wildman–Crippen LogP) is 2.49. The van der Waals surface area contributed by atoms with Crippen molar-refractivity contribution in [1.82, 2.24) is 4.90 Å². The number of hydrogen-bond donors (Lipinski definition) is 1. The summed E-state index contributed by atoms with van der Waals surface area (Å²) >= 11 is 6.89. The van der Waals surface area contributed by atoms with Gasteiger partial charge in [0.1, 0.15) is 0 Å². The van der Waals surface area contributed by atoms with Crippen LogP contribution in [0.2, 0.25) is 0 Å². The van der Waals surface area contributed by atoms with Crippen LogP contribution in [0, 0.1) is 17.8 Å². The summed E-state index contributed by atoms with van der Waals surface area (Å²) in [4.78, 5) is 2.16. The molecule has 1 unspecified atom stereocenters. The Labute approximate surface area is 109 Å². The Morgan fingerprint density at radius 2 is 2.06 bits per heavy atom. The largest absolute Gasteiger partial charge is 0.390 e. The van der Waals surface area contributed by atoms with E-state index in [1.54, 1.807) is 0 Å². The highest BCUT2D eigenvalue weighted by Gasteiger charge is 2.61. The van der Waals surface area contributed by atoms with Gasteiger partial charge in [-0.25, -0.2) is 0 Å². The third-order valence-corrected chi connectivity index (χ3v) is 5.89. The first-order valence-electron chi connectivity index (χ1n) is 6.96. The van der Waals surface area contributed by atoms with Gasteiger partial charge in [0.05, 0.1) is 10.5 Å². The predicted molar refractivity (Wildman–Crippen MR) is 70.3 cm³/mol. The average Bonchev–Trinajstić information content (AvgIpc) is 2.11. The highest BCUT2D eigenvalue weighted by Crippen LogP contribution is 2.63. The lowest BCUT2D eigenvalue weighted by molar-refractivity contribution is -0.143. The minimum Gasteiger partial charge on any atom is -0.390 e. The van der Waals surface area contributed by atoms with Gasteiger partial charge in [-0.1, -0.05) is 0 Å². The molecule has 98 valence electrons. The first-order chi connectivity index (χ1) is 7.90. The summed E-state index contributed by atoms with van der Waals surface area (Å²) in [6.07, 6.45) is 6.52. The second-order valence-corrected chi connectivity index (χ2v) is 7.86. The van der Waals surface area contributed by atoms with E-state index in [-0.39, 0.29) is 4.87 Å². The molecule has 4 saturated carbocycles. The summed E-state index contributed by atoms with van der Waals surface area (Å²) in [6.45, 7) is 1.12. The van der Waals surface area contributed by atoms with E-state index in [1.807, 2.05) is 0 Å². The van der Waals surface area contributed by atoms with Gasteiger partial charge in [-0.2, -0.15) is 0 Å². The van der Waals surface area contributed by atoms with E-state index >= 15 is 0 Å². The standard InChI is InChI=1S/C14H24ClNO/c1-16(2)4-3-12-11-5-10-6-13(17,8-11)9-14(12,15)7-10/h10-12,17H,3-9H2,1-2H3/t10-,11+,12?,13+,14+/m0/s1. The summed E-state index contributed by atoms with van der Waals surface area (Å²) in [5.74, 6) is 2.00. The molecular weight excluding hydrogens is 234 g/mol. The third-order valence-electron chi connectivity index (χ3n) is 5.32. The van der Waals surface area contributed by atoms with Crippen molar-refractivity contribution >= 4 is 11.6 Å². The van der Waals surface area contributed by atoms with Crippen LogP contribution < -0.4 is 0 Å². The van der Waals surface area contributed by atoms with Crippen LogP contribution in [0.5, 0.6) is 0 Å². The molecule has 0 amide bonds. The Hall–Kier alpha value is 0.210. The molecule has 4 aliphatic carbocycles. The Kier molecular flexibility index (Phi) is 2.78. The lowest BCUT2D eigenvalue weighted by Crippen LogP contribution is -2.61. The third kappa shape index (κ3) is 2.02. The molecule has 0 aromatic carbocycles. The molecule has 0 aromatic heterocycles. The van der Waals surface area contributed by atoms with Crippen molar-refractivity contribution in [1.29, 1.82) is 0 Å². The van der Waals surface area contributed by atoms with E-state index in [4.69, 9.17) is 11.6 Å². The maximum absolute atomic E-state index is 10.6. The van der Waals surface area contributed by atoms with Crippen molar-refractivity contribution in [2.45, 2.75) is 49.0 Å².